The molecule has 0 saturated heterocycles. The van der Waals surface area contributed by atoms with Crippen molar-refractivity contribution in [3.8, 4) is 0 Å². The van der Waals surface area contributed by atoms with E-state index in [0.29, 0.717) is 11.8 Å². The lowest BCUT2D eigenvalue weighted by atomic mass is 9.79. The highest BCUT2D eigenvalue weighted by Gasteiger charge is 2.51. The van der Waals surface area contributed by atoms with Crippen LogP contribution in [0.2, 0.25) is 18.1 Å². The van der Waals surface area contributed by atoms with Gasteiger partial charge in [-0.3, -0.25) is 0 Å². The van der Waals surface area contributed by atoms with E-state index in [1.54, 1.807) is 0 Å². The van der Waals surface area contributed by atoms with Crippen molar-refractivity contribution in [3.05, 3.63) is 0 Å². The van der Waals surface area contributed by atoms with Gasteiger partial charge >= 0.3 is 0 Å². The van der Waals surface area contributed by atoms with E-state index in [4.69, 9.17) is 4.43 Å². The first kappa shape index (κ1) is 14.5. The summed E-state index contributed by atoms with van der Waals surface area (Å²) in [4.78, 5) is 0. The van der Waals surface area contributed by atoms with Gasteiger partial charge < -0.3 is 9.53 Å². The first-order chi connectivity index (χ1) is 8.13. The molecule has 0 aromatic heterocycles. The molecule has 0 spiro atoms. The quantitative estimate of drug-likeness (QED) is 0.793. The number of rotatable bonds is 3. The maximum absolute atomic E-state index is 10.1. The summed E-state index contributed by atoms with van der Waals surface area (Å²) in [6.07, 6.45) is 2.20. The summed E-state index contributed by atoms with van der Waals surface area (Å²) in [7, 11) is -1.63. The van der Waals surface area contributed by atoms with Crippen LogP contribution in [0.5, 0.6) is 0 Å². The molecule has 2 saturated carbocycles. The van der Waals surface area contributed by atoms with Crippen LogP contribution in [0.3, 0.4) is 0 Å². The van der Waals surface area contributed by atoms with Gasteiger partial charge in [-0.1, -0.05) is 27.7 Å². The minimum atomic E-state index is -1.63. The molecule has 18 heavy (non-hydrogen) atoms. The van der Waals surface area contributed by atoms with Crippen LogP contribution in [0.25, 0.3) is 0 Å². The molecule has 106 valence electrons. The van der Waals surface area contributed by atoms with Crippen LogP contribution < -0.4 is 0 Å². The lowest BCUT2D eigenvalue weighted by Crippen LogP contribution is -2.44. The number of hydrogen-bond acceptors (Lipinski definition) is 2. The van der Waals surface area contributed by atoms with Crippen LogP contribution in [0.1, 0.15) is 40.5 Å². The second-order valence-corrected chi connectivity index (χ2v) is 12.9. The fourth-order valence-corrected chi connectivity index (χ4v) is 4.56. The fourth-order valence-electron chi connectivity index (χ4n) is 3.51. The molecule has 1 N–H and O–H groups in total. The third-order valence-corrected chi connectivity index (χ3v) is 10.5. The molecule has 3 heteroatoms. The van der Waals surface area contributed by atoms with Crippen LogP contribution >= 0.6 is 0 Å². The lowest BCUT2D eigenvalue weighted by Gasteiger charge is -2.39. The van der Waals surface area contributed by atoms with Crippen molar-refractivity contribution in [2.45, 2.75) is 64.8 Å². The maximum atomic E-state index is 10.1. The highest BCUT2D eigenvalue weighted by molar-refractivity contribution is 6.74. The van der Waals surface area contributed by atoms with Gasteiger partial charge in [-0.15, -0.1) is 0 Å². The smallest absolute Gasteiger partial charge is 0.191 e. The SMILES string of the molecule is C[C@H]1[C@@H]2CC(O)[C@@H](C2)[C@@H]1CO[Si](C)(C)C(C)(C)C. The monoisotopic (exact) mass is 270 g/mol. The standard InChI is InChI=1S/C15H30O2Si/c1-10-11-7-12(14(16)8-11)13(10)9-17-18(5,6)15(2,3)4/h10-14,16H,7-9H2,1-6H3/t10-,11-,12-,13+,14?/m0/s1. The van der Waals surface area contributed by atoms with Gasteiger partial charge in [-0.05, 0) is 54.6 Å². The largest absolute Gasteiger partial charge is 0.417 e. The van der Waals surface area contributed by atoms with Crippen molar-refractivity contribution in [1.29, 1.82) is 0 Å². The molecule has 5 atom stereocenters. The molecule has 2 bridgehead atoms. The lowest BCUT2D eigenvalue weighted by molar-refractivity contribution is 0.0334. The molecule has 2 aliphatic rings. The van der Waals surface area contributed by atoms with Crippen LogP contribution in [-0.2, 0) is 4.43 Å². The molecular formula is C15H30O2Si. The third-order valence-electron chi connectivity index (χ3n) is 6.03. The van der Waals surface area contributed by atoms with E-state index in [0.717, 1.165) is 24.9 Å². The first-order valence-electron chi connectivity index (χ1n) is 7.45. The Labute approximate surface area is 113 Å². The van der Waals surface area contributed by atoms with Crippen LogP contribution in [-0.4, -0.2) is 26.1 Å². The topological polar surface area (TPSA) is 29.5 Å². The van der Waals surface area contributed by atoms with Gasteiger partial charge in [0.25, 0.3) is 0 Å². The van der Waals surface area contributed by atoms with Crippen LogP contribution in [0.4, 0.5) is 0 Å². The van der Waals surface area contributed by atoms with Crippen LogP contribution in [0.15, 0.2) is 0 Å². The first-order valence-corrected chi connectivity index (χ1v) is 10.4. The van der Waals surface area contributed by atoms with Gasteiger partial charge in [0.05, 0.1) is 6.10 Å². The van der Waals surface area contributed by atoms with E-state index in [-0.39, 0.29) is 11.1 Å². The van der Waals surface area contributed by atoms with Crippen molar-refractivity contribution in [2.24, 2.45) is 23.7 Å². The second-order valence-electron chi connectivity index (χ2n) is 8.06. The molecule has 1 unspecified atom stereocenters. The van der Waals surface area contributed by atoms with Gasteiger partial charge in [0.1, 0.15) is 0 Å². The summed E-state index contributed by atoms with van der Waals surface area (Å²) in [6.45, 7) is 14.7. The van der Waals surface area contributed by atoms with Gasteiger partial charge in [0.2, 0.25) is 0 Å². The Morgan fingerprint density at radius 3 is 2.33 bits per heavy atom. The molecule has 0 heterocycles. The van der Waals surface area contributed by atoms with Crippen molar-refractivity contribution in [2.75, 3.05) is 6.61 Å². The van der Waals surface area contributed by atoms with Crippen molar-refractivity contribution in [1.82, 2.24) is 0 Å². The minimum absolute atomic E-state index is 0.0563. The molecule has 0 aromatic carbocycles. The van der Waals surface area contributed by atoms with E-state index in [1.165, 1.54) is 6.42 Å². The Morgan fingerprint density at radius 2 is 1.83 bits per heavy atom. The van der Waals surface area contributed by atoms with Gasteiger partial charge in [-0.2, -0.15) is 0 Å². The molecule has 0 aromatic rings. The number of aliphatic hydroxyl groups is 1. The molecule has 0 radical (unpaired) electrons. The predicted molar refractivity (Wildman–Crippen MR) is 78.0 cm³/mol. The zero-order chi connectivity index (χ0) is 13.7. The van der Waals surface area contributed by atoms with Gasteiger partial charge in [0, 0.05) is 6.61 Å². The minimum Gasteiger partial charge on any atom is -0.417 e. The average Bonchev–Trinajstić information content (AvgIpc) is 2.71. The van der Waals surface area contributed by atoms with Gasteiger partial charge in [-0.25, -0.2) is 0 Å². The molecule has 2 aliphatic carbocycles. The van der Waals surface area contributed by atoms with E-state index >= 15 is 0 Å². The number of fused-ring (bicyclic) bond motifs is 2. The number of aliphatic hydroxyl groups excluding tert-OH is 1. The van der Waals surface area contributed by atoms with Crippen molar-refractivity contribution >= 4 is 8.32 Å². The molecule has 2 rings (SSSR count). The molecular weight excluding hydrogens is 240 g/mol. The Hall–Kier alpha value is 0.137. The predicted octanol–water partition coefficient (Wildman–Crippen LogP) is 3.66. The highest BCUT2D eigenvalue weighted by Crippen LogP contribution is 2.52. The summed E-state index contributed by atoms with van der Waals surface area (Å²) in [5.74, 6) is 2.59. The van der Waals surface area contributed by atoms with Crippen LogP contribution in [0, 0.1) is 23.7 Å². The summed E-state index contributed by atoms with van der Waals surface area (Å²) in [6, 6.07) is 0. The van der Waals surface area contributed by atoms with E-state index < -0.39 is 8.32 Å². The molecule has 2 fully saturated rings. The fraction of sp³-hybridized carbons (Fsp3) is 1.00. The van der Waals surface area contributed by atoms with Gasteiger partial charge in [0.15, 0.2) is 8.32 Å². The summed E-state index contributed by atoms with van der Waals surface area (Å²) < 4.78 is 6.38. The molecule has 0 amide bonds. The summed E-state index contributed by atoms with van der Waals surface area (Å²) >= 11 is 0. The summed E-state index contributed by atoms with van der Waals surface area (Å²) in [5, 5.41) is 10.3. The Morgan fingerprint density at radius 1 is 1.22 bits per heavy atom. The van der Waals surface area contributed by atoms with E-state index in [2.05, 4.69) is 40.8 Å². The van der Waals surface area contributed by atoms with Crippen molar-refractivity contribution in [3.63, 3.8) is 0 Å². The number of hydrogen-bond donors (Lipinski definition) is 1. The average molecular weight is 270 g/mol. The van der Waals surface area contributed by atoms with E-state index in [9.17, 15) is 5.11 Å². The van der Waals surface area contributed by atoms with E-state index in [1.807, 2.05) is 0 Å². The summed E-state index contributed by atoms with van der Waals surface area (Å²) in [5.41, 5.74) is 0. The third kappa shape index (κ3) is 2.41. The Bertz CT molecular complexity index is 308. The zero-order valence-corrected chi connectivity index (χ0v) is 13.9. The Balaban J connectivity index is 1.95. The molecule has 0 aliphatic heterocycles. The highest BCUT2D eigenvalue weighted by atomic mass is 28.4. The zero-order valence-electron chi connectivity index (χ0n) is 12.9. The second kappa shape index (κ2) is 4.60. The maximum Gasteiger partial charge on any atom is 0.191 e. The Kier molecular flexibility index (Phi) is 3.72. The van der Waals surface area contributed by atoms with Crippen molar-refractivity contribution < 1.29 is 9.53 Å². The normalized spacial score (nSPS) is 40.5. The molecule has 2 nitrogen and oxygen atoms in total.